The second kappa shape index (κ2) is 5.63. The standard InChI is InChI=1S/C10H19BrN4/c1-4-15-9(7-14(3)6-5-12)10(11)8(2)13-15/h4-7,12H2,1-3H3. The fraction of sp³-hybridized carbons (Fsp3) is 0.700. The number of nitrogens with two attached hydrogens (primary N) is 1. The van der Waals surface area contributed by atoms with Gasteiger partial charge in [0, 0.05) is 26.2 Å². The van der Waals surface area contributed by atoms with E-state index in [1.807, 2.05) is 11.6 Å². The predicted octanol–water partition coefficient (Wildman–Crippen LogP) is 1.36. The Hall–Kier alpha value is -0.390. The Kier molecular flexibility index (Phi) is 4.76. The second-order valence-corrected chi connectivity index (χ2v) is 4.48. The first kappa shape index (κ1) is 12.7. The van der Waals surface area contributed by atoms with E-state index in [1.54, 1.807) is 0 Å². The smallest absolute Gasteiger partial charge is 0.0739 e. The van der Waals surface area contributed by atoms with Gasteiger partial charge in [-0.05, 0) is 36.8 Å². The molecule has 0 bridgehead atoms. The summed E-state index contributed by atoms with van der Waals surface area (Å²) in [7, 11) is 2.07. The molecule has 0 saturated heterocycles. The minimum Gasteiger partial charge on any atom is -0.329 e. The molecule has 0 radical (unpaired) electrons. The zero-order chi connectivity index (χ0) is 11.4. The van der Waals surface area contributed by atoms with Crippen LogP contribution >= 0.6 is 15.9 Å². The van der Waals surface area contributed by atoms with Gasteiger partial charge in [-0.1, -0.05) is 0 Å². The van der Waals surface area contributed by atoms with Gasteiger partial charge in [-0.25, -0.2) is 0 Å². The summed E-state index contributed by atoms with van der Waals surface area (Å²) in [5.41, 5.74) is 7.80. The second-order valence-electron chi connectivity index (χ2n) is 3.69. The van der Waals surface area contributed by atoms with Gasteiger partial charge in [0.2, 0.25) is 0 Å². The van der Waals surface area contributed by atoms with Crippen molar-refractivity contribution in [3.05, 3.63) is 15.9 Å². The van der Waals surface area contributed by atoms with Crippen LogP contribution in [-0.2, 0) is 13.1 Å². The quantitative estimate of drug-likeness (QED) is 0.882. The van der Waals surface area contributed by atoms with Gasteiger partial charge in [-0.2, -0.15) is 5.10 Å². The summed E-state index contributed by atoms with van der Waals surface area (Å²) < 4.78 is 3.15. The van der Waals surface area contributed by atoms with Crippen LogP contribution < -0.4 is 5.73 Å². The maximum absolute atomic E-state index is 5.52. The third-order valence-corrected chi connectivity index (χ3v) is 3.41. The molecular weight excluding hydrogens is 256 g/mol. The molecule has 0 atom stereocenters. The van der Waals surface area contributed by atoms with Crippen molar-refractivity contribution in [2.24, 2.45) is 5.73 Å². The summed E-state index contributed by atoms with van der Waals surface area (Å²) in [5, 5.41) is 4.45. The van der Waals surface area contributed by atoms with E-state index in [4.69, 9.17) is 5.73 Å². The summed E-state index contributed by atoms with van der Waals surface area (Å²) in [5.74, 6) is 0. The molecule has 0 amide bonds. The van der Waals surface area contributed by atoms with Crippen molar-refractivity contribution in [1.29, 1.82) is 0 Å². The number of aryl methyl sites for hydroxylation is 2. The van der Waals surface area contributed by atoms with E-state index < -0.39 is 0 Å². The van der Waals surface area contributed by atoms with Crippen molar-refractivity contribution in [2.75, 3.05) is 20.1 Å². The molecule has 0 aliphatic heterocycles. The minimum absolute atomic E-state index is 0.688. The summed E-state index contributed by atoms with van der Waals surface area (Å²) in [6.45, 7) is 7.49. The fourth-order valence-corrected chi connectivity index (χ4v) is 1.98. The highest BCUT2D eigenvalue weighted by atomic mass is 79.9. The van der Waals surface area contributed by atoms with Gasteiger partial charge in [-0.15, -0.1) is 0 Å². The third kappa shape index (κ3) is 3.03. The predicted molar refractivity (Wildman–Crippen MR) is 65.7 cm³/mol. The largest absolute Gasteiger partial charge is 0.329 e. The maximum Gasteiger partial charge on any atom is 0.0739 e. The molecule has 2 N–H and O–H groups in total. The van der Waals surface area contributed by atoms with Crippen LogP contribution in [0.15, 0.2) is 4.47 Å². The Labute approximate surface area is 99.6 Å². The van der Waals surface area contributed by atoms with E-state index in [0.717, 1.165) is 29.8 Å². The number of rotatable bonds is 5. The molecule has 0 aliphatic carbocycles. The SMILES string of the molecule is CCn1nc(C)c(Br)c1CN(C)CCN. The van der Waals surface area contributed by atoms with Crippen molar-refractivity contribution < 1.29 is 0 Å². The molecule has 15 heavy (non-hydrogen) atoms. The monoisotopic (exact) mass is 274 g/mol. The van der Waals surface area contributed by atoms with Gasteiger partial charge in [0.25, 0.3) is 0 Å². The highest BCUT2D eigenvalue weighted by Crippen LogP contribution is 2.21. The van der Waals surface area contributed by atoms with Crippen molar-refractivity contribution >= 4 is 15.9 Å². The number of nitrogens with zero attached hydrogens (tertiary/aromatic N) is 3. The van der Waals surface area contributed by atoms with Crippen LogP contribution in [0.5, 0.6) is 0 Å². The normalized spacial score (nSPS) is 11.3. The number of halogens is 1. The molecule has 0 aliphatic rings. The van der Waals surface area contributed by atoms with E-state index in [0.29, 0.717) is 6.54 Å². The number of hydrogen-bond acceptors (Lipinski definition) is 3. The van der Waals surface area contributed by atoms with Crippen LogP contribution in [0, 0.1) is 6.92 Å². The van der Waals surface area contributed by atoms with Gasteiger partial charge >= 0.3 is 0 Å². The molecule has 0 fully saturated rings. The molecule has 1 aromatic rings. The number of hydrogen-bond donors (Lipinski definition) is 1. The van der Waals surface area contributed by atoms with Gasteiger partial charge in [0.1, 0.15) is 0 Å². The molecular formula is C10H19BrN4. The van der Waals surface area contributed by atoms with Crippen LogP contribution in [-0.4, -0.2) is 34.8 Å². The lowest BCUT2D eigenvalue weighted by Crippen LogP contribution is -2.26. The Morgan fingerprint density at radius 1 is 1.53 bits per heavy atom. The Morgan fingerprint density at radius 3 is 2.73 bits per heavy atom. The van der Waals surface area contributed by atoms with Gasteiger partial charge in [-0.3, -0.25) is 9.58 Å². The van der Waals surface area contributed by atoms with E-state index in [2.05, 4.69) is 39.9 Å². The van der Waals surface area contributed by atoms with Crippen molar-refractivity contribution in [1.82, 2.24) is 14.7 Å². The highest BCUT2D eigenvalue weighted by Gasteiger charge is 2.13. The Morgan fingerprint density at radius 2 is 2.20 bits per heavy atom. The maximum atomic E-state index is 5.52. The summed E-state index contributed by atoms with van der Waals surface area (Å²) in [4.78, 5) is 2.20. The summed E-state index contributed by atoms with van der Waals surface area (Å²) in [6, 6.07) is 0. The van der Waals surface area contributed by atoms with E-state index in [1.165, 1.54) is 5.69 Å². The molecule has 1 rings (SSSR count). The molecule has 1 aromatic heterocycles. The third-order valence-electron chi connectivity index (χ3n) is 2.38. The van der Waals surface area contributed by atoms with Crippen LogP contribution in [0.25, 0.3) is 0 Å². The molecule has 0 spiro atoms. The van der Waals surface area contributed by atoms with Crippen LogP contribution in [0.3, 0.4) is 0 Å². The van der Waals surface area contributed by atoms with Crippen molar-refractivity contribution in [3.63, 3.8) is 0 Å². The lowest BCUT2D eigenvalue weighted by Gasteiger charge is -2.16. The first-order chi connectivity index (χ1) is 7.10. The van der Waals surface area contributed by atoms with Crippen LogP contribution in [0.4, 0.5) is 0 Å². The van der Waals surface area contributed by atoms with E-state index >= 15 is 0 Å². The van der Waals surface area contributed by atoms with Gasteiger partial charge in [0.05, 0.1) is 15.9 Å². The molecule has 1 heterocycles. The first-order valence-electron chi connectivity index (χ1n) is 5.20. The van der Waals surface area contributed by atoms with Crippen molar-refractivity contribution in [2.45, 2.75) is 26.9 Å². The van der Waals surface area contributed by atoms with Crippen molar-refractivity contribution in [3.8, 4) is 0 Å². The average Bonchev–Trinajstić information content (AvgIpc) is 2.46. The zero-order valence-electron chi connectivity index (χ0n) is 9.63. The molecule has 86 valence electrons. The molecule has 0 aromatic carbocycles. The number of aromatic nitrogens is 2. The van der Waals surface area contributed by atoms with E-state index in [9.17, 15) is 0 Å². The zero-order valence-corrected chi connectivity index (χ0v) is 11.2. The first-order valence-corrected chi connectivity index (χ1v) is 5.99. The lowest BCUT2D eigenvalue weighted by molar-refractivity contribution is 0.323. The van der Waals surface area contributed by atoms with Crippen LogP contribution in [0.2, 0.25) is 0 Å². The molecule has 5 heteroatoms. The highest BCUT2D eigenvalue weighted by molar-refractivity contribution is 9.10. The summed E-state index contributed by atoms with van der Waals surface area (Å²) in [6.07, 6.45) is 0. The van der Waals surface area contributed by atoms with E-state index in [-0.39, 0.29) is 0 Å². The van der Waals surface area contributed by atoms with Gasteiger partial charge in [0.15, 0.2) is 0 Å². The number of likely N-dealkylation sites (N-methyl/N-ethyl adjacent to an activating group) is 1. The summed E-state index contributed by atoms with van der Waals surface area (Å²) >= 11 is 3.58. The molecule has 0 unspecified atom stereocenters. The Balaban J connectivity index is 2.82. The average molecular weight is 275 g/mol. The lowest BCUT2D eigenvalue weighted by atomic mass is 10.3. The molecule has 4 nitrogen and oxygen atoms in total. The Bertz CT molecular complexity index is 321. The van der Waals surface area contributed by atoms with Gasteiger partial charge < -0.3 is 5.73 Å². The topological polar surface area (TPSA) is 47.1 Å². The minimum atomic E-state index is 0.688. The van der Waals surface area contributed by atoms with Crippen LogP contribution in [0.1, 0.15) is 18.3 Å². The fourth-order valence-electron chi connectivity index (χ4n) is 1.58. The molecule has 0 saturated carbocycles.